The second-order valence-electron chi connectivity index (χ2n) is 5.44. The molecule has 0 saturated heterocycles. The summed E-state index contributed by atoms with van der Waals surface area (Å²) < 4.78 is 5.66. The van der Waals surface area contributed by atoms with Crippen LogP contribution < -0.4 is 10.1 Å². The Bertz CT molecular complexity index is 496. The molecular formula is C18H27NO2. The van der Waals surface area contributed by atoms with Crippen molar-refractivity contribution in [1.29, 1.82) is 0 Å². The van der Waals surface area contributed by atoms with E-state index in [0.29, 0.717) is 12.3 Å². The van der Waals surface area contributed by atoms with Gasteiger partial charge in [-0.15, -0.1) is 0 Å². The van der Waals surface area contributed by atoms with Gasteiger partial charge in [0.1, 0.15) is 5.75 Å². The molecule has 3 rings (SSSR count). The van der Waals surface area contributed by atoms with Crippen LogP contribution in [0.5, 0.6) is 5.75 Å². The Hall–Kier alpha value is -1.51. The van der Waals surface area contributed by atoms with Crippen molar-refractivity contribution in [2.24, 2.45) is 0 Å². The molecule has 0 fully saturated rings. The summed E-state index contributed by atoms with van der Waals surface area (Å²) in [4.78, 5) is 11.3. The Morgan fingerprint density at radius 3 is 2.90 bits per heavy atom. The summed E-state index contributed by atoms with van der Waals surface area (Å²) >= 11 is 0. The van der Waals surface area contributed by atoms with Crippen LogP contribution in [0.3, 0.4) is 0 Å². The molecule has 1 aromatic rings. The highest BCUT2D eigenvalue weighted by Crippen LogP contribution is 2.42. The Morgan fingerprint density at radius 2 is 2.14 bits per heavy atom. The number of benzene rings is 1. The zero-order valence-corrected chi connectivity index (χ0v) is 13.5. The van der Waals surface area contributed by atoms with Gasteiger partial charge in [-0.1, -0.05) is 26.8 Å². The first-order valence-corrected chi connectivity index (χ1v) is 8.33. The van der Waals surface area contributed by atoms with Crippen molar-refractivity contribution >= 4 is 5.91 Å². The summed E-state index contributed by atoms with van der Waals surface area (Å²) in [5.74, 6) is 1.84. The average Bonchev–Trinajstić information content (AvgIpc) is 3.14. The van der Waals surface area contributed by atoms with Crippen LogP contribution in [0, 0.1) is 0 Å². The normalized spacial score (nSPS) is 18.1. The maximum Gasteiger partial charge on any atom is 0.219 e. The van der Waals surface area contributed by atoms with Crippen LogP contribution in [0.1, 0.15) is 62.6 Å². The lowest BCUT2D eigenvalue weighted by molar-refractivity contribution is -0.120. The van der Waals surface area contributed by atoms with Gasteiger partial charge in [-0.3, -0.25) is 4.79 Å². The van der Waals surface area contributed by atoms with Gasteiger partial charge in [-0.2, -0.15) is 0 Å². The SMILES string of the molecule is CC.CCC(=O)NCC[C@@H]1CCc2ccc3c(c21)CCO3. The number of nitrogens with one attached hydrogen (secondary N) is 1. The first kappa shape index (κ1) is 15.9. The van der Waals surface area contributed by atoms with Gasteiger partial charge in [-0.05, 0) is 42.4 Å². The van der Waals surface area contributed by atoms with Gasteiger partial charge >= 0.3 is 0 Å². The molecule has 1 aromatic carbocycles. The third kappa shape index (κ3) is 3.39. The van der Waals surface area contributed by atoms with Crippen molar-refractivity contribution in [3.63, 3.8) is 0 Å². The predicted octanol–water partition coefficient (Wildman–Crippen LogP) is 3.59. The summed E-state index contributed by atoms with van der Waals surface area (Å²) in [5.41, 5.74) is 4.46. The van der Waals surface area contributed by atoms with Crippen molar-refractivity contribution in [1.82, 2.24) is 5.32 Å². The molecule has 1 heterocycles. The molecule has 0 radical (unpaired) electrons. The van der Waals surface area contributed by atoms with Crippen LogP contribution in [0.4, 0.5) is 0 Å². The van der Waals surface area contributed by atoms with E-state index < -0.39 is 0 Å². The van der Waals surface area contributed by atoms with E-state index in [-0.39, 0.29) is 5.91 Å². The molecule has 1 aliphatic heterocycles. The number of carbonyl (C=O) groups is 1. The first-order valence-electron chi connectivity index (χ1n) is 8.33. The summed E-state index contributed by atoms with van der Waals surface area (Å²) in [6.45, 7) is 7.51. The van der Waals surface area contributed by atoms with Crippen molar-refractivity contribution in [3.05, 3.63) is 28.8 Å². The van der Waals surface area contributed by atoms with Crippen molar-refractivity contribution in [2.75, 3.05) is 13.2 Å². The highest BCUT2D eigenvalue weighted by molar-refractivity contribution is 5.75. The molecule has 1 N–H and O–H groups in total. The van der Waals surface area contributed by atoms with Crippen molar-refractivity contribution in [3.8, 4) is 5.75 Å². The highest BCUT2D eigenvalue weighted by atomic mass is 16.5. The number of hydrogen-bond acceptors (Lipinski definition) is 2. The maximum atomic E-state index is 11.3. The fourth-order valence-electron chi connectivity index (χ4n) is 3.35. The van der Waals surface area contributed by atoms with Crippen molar-refractivity contribution in [2.45, 2.75) is 58.8 Å². The maximum absolute atomic E-state index is 11.3. The second-order valence-corrected chi connectivity index (χ2v) is 5.44. The largest absolute Gasteiger partial charge is 0.493 e. The van der Waals surface area contributed by atoms with Crippen LogP contribution in [0.15, 0.2) is 12.1 Å². The van der Waals surface area contributed by atoms with Gasteiger partial charge in [0.25, 0.3) is 0 Å². The highest BCUT2D eigenvalue weighted by Gasteiger charge is 2.29. The molecule has 0 aromatic heterocycles. The van der Waals surface area contributed by atoms with E-state index in [1.54, 1.807) is 0 Å². The number of aryl methyl sites for hydroxylation is 1. The minimum Gasteiger partial charge on any atom is -0.493 e. The Balaban J connectivity index is 0.000000774. The average molecular weight is 289 g/mol. The number of fused-ring (bicyclic) bond motifs is 3. The van der Waals surface area contributed by atoms with Crippen LogP contribution in [0.25, 0.3) is 0 Å². The van der Waals surface area contributed by atoms with E-state index in [1.807, 2.05) is 20.8 Å². The molecule has 0 saturated carbocycles. The molecule has 0 unspecified atom stereocenters. The third-order valence-corrected chi connectivity index (χ3v) is 4.32. The van der Waals surface area contributed by atoms with Gasteiger partial charge in [0.2, 0.25) is 5.91 Å². The summed E-state index contributed by atoms with van der Waals surface area (Å²) in [6.07, 6.45) is 5.07. The quantitative estimate of drug-likeness (QED) is 0.920. The summed E-state index contributed by atoms with van der Waals surface area (Å²) in [6, 6.07) is 4.35. The molecule has 1 aliphatic carbocycles. The molecular weight excluding hydrogens is 262 g/mol. The summed E-state index contributed by atoms with van der Waals surface area (Å²) in [7, 11) is 0. The molecule has 3 nitrogen and oxygen atoms in total. The molecule has 2 aliphatic rings. The van der Waals surface area contributed by atoms with Crippen LogP contribution >= 0.6 is 0 Å². The van der Waals surface area contributed by atoms with E-state index in [4.69, 9.17) is 4.74 Å². The van der Waals surface area contributed by atoms with Gasteiger partial charge in [0.05, 0.1) is 6.61 Å². The third-order valence-electron chi connectivity index (χ3n) is 4.32. The van der Waals surface area contributed by atoms with Gasteiger partial charge in [-0.25, -0.2) is 0 Å². The van der Waals surface area contributed by atoms with E-state index >= 15 is 0 Å². The van der Waals surface area contributed by atoms with E-state index in [2.05, 4.69) is 17.4 Å². The van der Waals surface area contributed by atoms with Crippen LogP contribution in [-0.4, -0.2) is 19.1 Å². The standard InChI is InChI=1S/C16H21NO2.C2H6/c1-2-15(18)17-9-7-12-4-3-11-5-6-14-13(16(11)12)8-10-19-14;1-2/h5-6,12H,2-4,7-10H2,1H3,(H,17,18);1-2H3/t12-;/m0./s1. The smallest absolute Gasteiger partial charge is 0.219 e. The first-order chi connectivity index (χ1) is 10.3. The number of carbonyl (C=O) groups excluding carboxylic acids is 1. The zero-order valence-electron chi connectivity index (χ0n) is 13.5. The molecule has 0 bridgehead atoms. The second kappa shape index (κ2) is 7.48. The van der Waals surface area contributed by atoms with Gasteiger partial charge in [0, 0.05) is 24.9 Å². The molecule has 1 amide bonds. The fourth-order valence-corrected chi connectivity index (χ4v) is 3.35. The topological polar surface area (TPSA) is 38.3 Å². The molecule has 0 spiro atoms. The zero-order chi connectivity index (χ0) is 15.2. The Morgan fingerprint density at radius 1 is 1.33 bits per heavy atom. The van der Waals surface area contributed by atoms with Crippen LogP contribution in [0.2, 0.25) is 0 Å². The molecule has 3 heteroatoms. The van der Waals surface area contributed by atoms with E-state index in [1.165, 1.54) is 29.5 Å². The van der Waals surface area contributed by atoms with Crippen molar-refractivity contribution < 1.29 is 9.53 Å². The lowest BCUT2D eigenvalue weighted by atomic mass is 9.92. The molecule has 116 valence electrons. The Kier molecular flexibility index (Phi) is 5.66. The fraction of sp³-hybridized carbons (Fsp3) is 0.611. The monoisotopic (exact) mass is 289 g/mol. The minimum absolute atomic E-state index is 0.153. The summed E-state index contributed by atoms with van der Waals surface area (Å²) in [5, 5.41) is 2.99. The van der Waals surface area contributed by atoms with E-state index in [9.17, 15) is 4.79 Å². The van der Waals surface area contributed by atoms with E-state index in [0.717, 1.165) is 31.7 Å². The molecule has 21 heavy (non-hydrogen) atoms. The van der Waals surface area contributed by atoms with Crippen LogP contribution in [-0.2, 0) is 17.6 Å². The predicted molar refractivity (Wildman–Crippen MR) is 86.0 cm³/mol. The van der Waals surface area contributed by atoms with Gasteiger partial charge in [0.15, 0.2) is 0 Å². The number of hydrogen-bond donors (Lipinski definition) is 1. The van der Waals surface area contributed by atoms with Gasteiger partial charge < -0.3 is 10.1 Å². The molecule has 1 atom stereocenters. The number of rotatable bonds is 4. The lowest BCUT2D eigenvalue weighted by Crippen LogP contribution is -2.24. The Labute approximate surface area is 128 Å². The lowest BCUT2D eigenvalue weighted by Gasteiger charge is -2.15. The number of amides is 1. The number of ether oxygens (including phenoxy) is 1. The minimum atomic E-state index is 0.153.